The zero-order valence-corrected chi connectivity index (χ0v) is 17.9. The molecule has 1 aromatic rings. The summed E-state index contributed by atoms with van der Waals surface area (Å²) in [5.74, 6) is -0.170. The third kappa shape index (κ3) is 6.28. The first kappa shape index (κ1) is 23.3. The molecule has 9 nitrogen and oxygen atoms in total. The summed E-state index contributed by atoms with van der Waals surface area (Å²) in [4.78, 5) is 38.9. The molecule has 2 rings (SSSR count). The van der Waals surface area contributed by atoms with Crippen molar-refractivity contribution in [3.8, 4) is 11.5 Å². The van der Waals surface area contributed by atoms with E-state index in [2.05, 4.69) is 0 Å². The Morgan fingerprint density at radius 3 is 2.30 bits per heavy atom. The fraction of sp³-hybridized carbons (Fsp3) is 0.450. The monoisotopic (exact) mass is 440 g/mol. The lowest BCUT2D eigenvalue weighted by molar-refractivity contribution is -0.148. The molecule has 0 bridgehead atoms. The molecule has 0 unspecified atom stereocenters. The minimum Gasteiger partial charge on any atom is -0.493 e. The number of ether oxygens (including phenoxy) is 4. The number of piperazine rings is 1. The van der Waals surface area contributed by atoms with Crippen LogP contribution in [0.5, 0.6) is 11.5 Å². The van der Waals surface area contributed by atoms with E-state index in [9.17, 15) is 14.4 Å². The van der Waals surface area contributed by atoms with Crippen molar-refractivity contribution in [1.29, 1.82) is 0 Å². The quantitative estimate of drug-likeness (QED) is 0.474. The lowest BCUT2D eigenvalue weighted by Gasteiger charge is -2.33. The average molecular weight is 441 g/mol. The summed E-state index contributed by atoms with van der Waals surface area (Å²) in [5, 5.41) is 0.335. The molecule has 2 amide bonds. The second-order valence-corrected chi connectivity index (χ2v) is 6.65. The zero-order chi connectivity index (χ0) is 22.1. The molecule has 1 fully saturated rings. The van der Waals surface area contributed by atoms with Crippen LogP contribution >= 0.6 is 11.6 Å². The van der Waals surface area contributed by atoms with Crippen LogP contribution in [0.1, 0.15) is 12.5 Å². The van der Waals surface area contributed by atoms with E-state index in [0.717, 1.165) is 0 Å². The second-order valence-electron chi connectivity index (χ2n) is 6.25. The van der Waals surface area contributed by atoms with Gasteiger partial charge in [-0.15, -0.1) is 0 Å². The molecule has 1 aliphatic heterocycles. The molecule has 1 saturated heterocycles. The molecule has 0 spiro atoms. The van der Waals surface area contributed by atoms with Gasteiger partial charge in [0, 0.05) is 32.3 Å². The fourth-order valence-electron chi connectivity index (χ4n) is 2.82. The van der Waals surface area contributed by atoms with Gasteiger partial charge in [0.2, 0.25) is 0 Å². The van der Waals surface area contributed by atoms with Gasteiger partial charge in [0.05, 0.1) is 25.8 Å². The van der Waals surface area contributed by atoms with E-state index in [0.29, 0.717) is 54.9 Å². The minimum atomic E-state index is -0.667. The van der Waals surface area contributed by atoms with Gasteiger partial charge in [-0.25, -0.2) is 9.59 Å². The van der Waals surface area contributed by atoms with E-state index in [-0.39, 0.29) is 12.5 Å². The van der Waals surface area contributed by atoms with Crippen LogP contribution in [0.2, 0.25) is 5.02 Å². The van der Waals surface area contributed by atoms with Gasteiger partial charge >= 0.3 is 12.1 Å². The number of halogens is 1. The van der Waals surface area contributed by atoms with E-state index < -0.39 is 12.1 Å². The Kier molecular flexibility index (Phi) is 8.79. The number of hydrogen-bond donors (Lipinski definition) is 0. The SMILES string of the molecule is CCOC(=O)N1CCN(C(=O)COC(=O)/C=C/c2cc(Cl)c(OC)c(OC)c2)CC1. The van der Waals surface area contributed by atoms with Crippen LogP contribution in [0, 0.1) is 0 Å². The van der Waals surface area contributed by atoms with E-state index in [1.54, 1.807) is 24.0 Å². The molecule has 1 aromatic carbocycles. The summed E-state index contributed by atoms with van der Waals surface area (Å²) in [7, 11) is 2.96. The van der Waals surface area contributed by atoms with Gasteiger partial charge in [0.25, 0.3) is 5.91 Å². The first-order valence-electron chi connectivity index (χ1n) is 9.35. The lowest BCUT2D eigenvalue weighted by Crippen LogP contribution is -2.51. The first-order valence-corrected chi connectivity index (χ1v) is 9.73. The number of esters is 1. The van der Waals surface area contributed by atoms with Crippen LogP contribution in [0.4, 0.5) is 4.79 Å². The van der Waals surface area contributed by atoms with Crippen molar-refractivity contribution in [1.82, 2.24) is 9.80 Å². The molecule has 0 atom stereocenters. The Morgan fingerprint density at radius 2 is 1.70 bits per heavy atom. The van der Waals surface area contributed by atoms with Crippen molar-refractivity contribution >= 4 is 35.6 Å². The maximum Gasteiger partial charge on any atom is 0.409 e. The molecule has 0 saturated carbocycles. The topological polar surface area (TPSA) is 94.6 Å². The van der Waals surface area contributed by atoms with Crippen LogP contribution in [0.25, 0.3) is 6.08 Å². The highest BCUT2D eigenvalue weighted by atomic mass is 35.5. The molecule has 0 radical (unpaired) electrons. The van der Waals surface area contributed by atoms with E-state index in [1.165, 1.54) is 31.3 Å². The third-order valence-corrected chi connectivity index (χ3v) is 4.64. The van der Waals surface area contributed by atoms with Crippen molar-refractivity contribution in [3.05, 3.63) is 28.8 Å². The van der Waals surface area contributed by atoms with Gasteiger partial charge in [-0.1, -0.05) is 11.6 Å². The summed E-state index contributed by atoms with van der Waals surface area (Å²) < 4.78 is 20.3. The highest BCUT2D eigenvalue weighted by Crippen LogP contribution is 2.36. The van der Waals surface area contributed by atoms with Crippen molar-refractivity contribution in [2.24, 2.45) is 0 Å². The Balaban J connectivity index is 1.83. The lowest BCUT2D eigenvalue weighted by atomic mass is 10.2. The summed E-state index contributed by atoms with van der Waals surface area (Å²) in [6.45, 7) is 3.12. The largest absolute Gasteiger partial charge is 0.493 e. The predicted molar refractivity (Wildman–Crippen MR) is 110 cm³/mol. The van der Waals surface area contributed by atoms with E-state index in [1.807, 2.05) is 0 Å². The number of carbonyl (C=O) groups excluding carboxylic acids is 3. The van der Waals surface area contributed by atoms with Gasteiger partial charge in [-0.3, -0.25) is 4.79 Å². The molecule has 0 aliphatic carbocycles. The van der Waals surface area contributed by atoms with Crippen LogP contribution in [-0.2, 0) is 19.1 Å². The van der Waals surface area contributed by atoms with Crippen molar-refractivity contribution in [2.75, 3.05) is 53.6 Å². The van der Waals surface area contributed by atoms with Crippen molar-refractivity contribution < 1.29 is 33.3 Å². The molecule has 30 heavy (non-hydrogen) atoms. The maximum absolute atomic E-state index is 12.2. The summed E-state index contributed by atoms with van der Waals surface area (Å²) in [6, 6.07) is 3.27. The Morgan fingerprint density at radius 1 is 1.03 bits per heavy atom. The number of carbonyl (C=O) groups is 3. The highest BCUT2D eigenvalue weighted by Gasteiger charge is 2.25. The second kappa shape index (κ2) is 11.3. The predicted octanol–water partition coefficient (Wildman–Crippen LogP) is 2.21. The molecule has 1 aliphatic rings. The fourth-order valence-corrected chi connectivity index (χ4v) is 3.12. The maximum atomic E-state index is 12.2. The number of methoxy groups -OCH3 is 2. The van der Waals surface area contributed by atoms with Gasteiger partial charge < -0.3 is 28.7 Å². The molecular weight excluding hydrogens is 416 g/mol. The highest BCUT2D eigenvalue weighted by molar-refractivity contribution is 6.32. The van der Waals surface area contributed by atoms with Gasteiger partial charge in [0.1, 0.15) is 0 Å². The minimum absolute atomic E-state index is 0.303. The molecular formula is C20H25ClN2O7. The summed E-state index contributed by atoms with van der Waals surface area (Å²) >= 11 is 6.13. The van der Waals surface area contributed by atoms with Crippen LogP contribution in [-0.4, -0.2) is 81.4 Å². The standard InChI is InChI=1S/C20H25ClN2O7/c1-4-29-20(26)23-9-7-22(8-10-23)17(24)13-30-18(25)6-5-14-11-15(21)19(28-3)16(12-14)27-2/h5-6,11-12H,4,7-10,13H2,1-3H3/b6-5+. The first-order chi connectivity index (χ1) is 14.4. The number of hydrogen-bond acceptors (Lipinski definition) is 7. The van der Waals surface area contributed by atoms with Gasteiger partial charge in [0.15, 0.2) is 18.1 Å². The zero-order valence-electron chi connectivity index (χ0n) is 17.2. The molecule has 164 valence electrons. The molecule has 1 heterocycles. The summed E-state index contributed by atoms with van der Waals surface area (Å²) in [5.41, 5.74) is 0.607. The Bertz CT molecular complexity index is 805. The van der Waals surface area contributed by atoms with E-state index >= 15 is 0 Å². The number of rotatable bonds is 7. The Labute approximate surface area is 180 Å². The van der Waals surface area contributed by atoms with Gasteiger partial charge in [-0.05, 0) is 30.7 Å². The molecule has 0 N–H and O–H groups in total. The van der Waals surface area contributed by atoms with E-state index in [4.69, 9.17) is 30.5 Å². The summed E-state index contributed by atoms with van der Waals surface area (Å²) in [6.07, 6.45) is 2.30. The third-order valence-electron chi connectivity index (χ3n) is 4.36. The normalized spacial score (nSPS) is 13.9. The molecule has 0 aromatic heterocycles. The van der Waals surface area contributed by atoms with Crippen LogP contribution in [0.15, 0.2) is 18.2 Å². The number of benzene rings is 1. The average Bonchev–Trinajstić information content (AvgIpc) is 2.75. The smallest absolute Gasteiger partial charge is 0.409 e. The molecule has 10 heteroatoms. The van der Waals surface area contributed by atoms with Crippen LogP contribution in [0.3, 0.4) is 0 Å². The van der Waals surface area contributed by atoms with Crippen molar-refractivity contribution in [3.63, 3.8) is 0 Å². The van der Waals surface area contributed by atoms with Gasteiger partial charge in [-0.2, -0.15) is 0 Å². The number of amides is 2. The van der Waals surface area contributed by atoms with Crippen molar-refractivity contribution in [2.45, 2.75) is 6.92 Å². The Hall–Kier alpha value is -2.94. The van der Waals surface area contributed by atoms with Crippen LogP contribution < -0.4 is 9.47 Å². The number of nitrogens with zero attached hydrogens (tertiary/aromatic N) is 2.